The number of aliphatic hydroxyl groups is 1. The molecule has 6 heteroatoms. The average Bonchev–Trinajstić information content (AvgIpc) is 3.63. The molecule has 1 atom stereocenters. The fourth-order valence-electron chi connectivity index (χ4n) is 5.46. The Balaban J connectivity index is 1.31. The number of aromatic nitrogens is 2. The van der Waals surface area contributed by atoms with E-state index in [1.165, 1.54) is 18.4 Å². The van der Waals surface area contributed by atoms with Crippen molar-refractivity contribution in [2.45, 2.75) is 50.0 Å². The second kappa shape index (κ2) is 8.49. The van der Waals surface area contributed by atoms with Gasteiger partial charge in [-0.05, 0) is 67.9 Å². The van der Waals surface area contributed by atoms with Gasteiger partial charge in [0.25, 0.3) is 0 Å². The smallest absolute Gasteiger partial charge is 0.140 e. The molecule has 1 saturated carbocycles. The number of ether oxygens (including phenoxy) is 1. The van der Waals surface area contributed by atoms with Crippen molar-refractivity contribution in [1.82, 2.24) is 9.97 Å². The van der Waals surface area contributed by atoms with Gasteiger partial charge in [-0.2, -0.15) is 0 Å². The topological polar surface area (TPSA) is 61.7 Å². The van der Waals surface area contributed by atoms with E-state index in [0.29, 0.717) is 18.4 Å². The van der Waals surface area contributed by atoms with Gasteiger partial charge >= 0.3 is 0 Å². The summed E-state index contributed by atoms with van der Waals surface area (Å²) in [4.78, 5) is 14.8. The summed E-state index contributed by atoms with van der Waals surface area (Å²) in [6, 6.07) is 15.0. The molecule has 0 spiro atoms. The van der Waals surface area contributed by atoms with E-state index >= 15 is 0 Å². The number of hydrogen-bond acceptors (Lipinski definition) is 6. The number of aliphatic hydroxyl groups excluding tert-OH is 1. The maximum Gasteiger partial charge on any atom is 0.140 e. The lowest BCUT2D eigenvalue weighted by atomic mass is 9.88. The first-order chi connectivity index (χ1) is 16.2. The molecule has 1 aromatic heterocycles. The molecule has 6 nitrogen and oxygen atoms in total. The van der Waals surface area contributed by atoms with E-state index < -0.39 is 0 Å². The molecule has 1 aliphatic carbocycles. The third-order valence-electron chi connectivity index (χ3n) is 7.52. The minimum absolute atomic E-state index is 0.234. The third-order valence-corrected chi connectivity index (χ3v) is 7.52. The van der Waals surface area contributed by atoms with E-state index in [2.05, 4.69) is 46.2 Å². The number of nitrogens with zero attached hydrogens (tertiary/aromatic N) is 4. The summed E-state index contributed by atoms with van der Waals surface area (Å²) in [5.41, 5.74) is 3.52. The number of methoxy groups -OCH3 is 1. The lowest BCUT2D eigenvalue weighted by Crippen LogP contribution is -2.34. The summed E-state index contributed by atoms with van der Waals surface area (Å²) in [5, 5.41) is 11.1. The fraction of sp³-hybridized carbons (Fsp3) is 0.481. The number of piperidine rings is 1. The standard InChI is InChI=1S/C27H32N4O2/c1-33-25-5-3-2-4-22(25)18-10-13-30(14-11-18)27-23-16-20(31-15-12-21(32)17-31)8-9-24(23)28-26(29-27)19-6-7-19/h2-5,8-9,16,18-19,21,32H,6-7,10-15,17H2,1H3. The van der Waals surface area contributed by atoms with Crippen LogP contribution in [0.5, 0.6) is 5.75 Å². The summed E-state index contributed by atoms with van der Waals surface area (Å²) in [5.74, 6) is 4.12. The van der Waals surface area contributed by atoms with Gasteiger partial charge in [0.05, 0.1) is 18.7 Å². The van der Waals surface area contributed by atoms with Gasteiger partial charge in [-0.15, -0.1) is 0 Å². The lowest BCUT2D eigenvalue weighted by Gasteiger charge is -2.34. The Morgan fingerprint density at radius 3 is 2.39 bits per heavy atom. The SMILES string of the molecule is COc1ccccc1C1CCN(c2nc(C3CC3)nc3ccc(N4CCC(O)C4)cc23)CC1. The second-order valence-corrected chi connectivity index (χ2v) is 9.77. The first kappa shape index (κ1) is 20.7. The van der Waals surface area contributed by atoms with Crippen molar-refractivity contribution in [2.75, 3.05) is 43.1 Å². The van der Waals surface area contributed by atoms with Crippen molar-refractivity contribution in [3.8, 4) is 5.75 Å². The zero-order valence-corrected chi connectivity index (χ0v) is 19.3. The Hall–Kier alpha value is -2.86. The van der Waals surface area contributed by atoms with Gasteiger partial charge in [0.2, 0.25) is 0 Å². The van der Waals surface area contributed by atoms with Crippen LogP contribution in [-0.2, 0) is 0 Å². The molecule has 33 heavy (non-hydrogen) atoms. The Labute approximate surface area is 195 Å². The van der Waals surface area contributed by atoms with Crippen LogP contribution < -0.4 is 14.5 Å². The first-order valence-electron chi connectivity index (χ1n) is 12.3. The summed E-state index contributed by atoms with van der Waals surface area (Å²) in [6.45, 7) is 3.55. The normalized spacial score (nSPS) is 21.7. The summed E-state index contributed by atoms with van der Waals surface area (Å²) < 4.78 is 5.63. The van der Waals surface area contributed by atoms with Gasteiger partial charge in [-0.1, -0.05) is 18.2 Å². The number of rotatable bonds is 5. The van der Waals surface area contributed by atoms with Crippen LogP contribution in [0.25, 0.3) is 10.9 Å². The molecule has 2 aliphatic heterocycles. The van der Waals surface area contributed by atoms with Gasteiger partial charge in [0.15, 0.2) is 0 Å². The van der Waals surface area contributed by atoms with Crippen LogP contribution in [-0.4, -0.2) is 54.5 Å². The van der Waals surface area contributed by atoms with Gasteiger partial charge in [0, 0.05) is 43.2 Å². The van der Waals surface area contributed by atoms with E-state index in [1.807, 2.05) is 6.07 Å². The molecule has 3 aromatic rings. The first-order valence-corrected chi connectivity index (χ1v) is 12.3. The maximum absolute atomic E-state index is 10.0. The molecule has 3 aliphatic rings. The van der Waals surface area contributed by atoms with Crippen LogP contribution >= 0.6 is 0 Å². The van der Waals surface area contributed by atoms with Crippen molar-refractivity contribution in [2.24, 2.45) is 0 Å². The molecule has 2 saturated heterocycles. The monoisotopic (exact) mass is 444 g/mol. The lowest BCUT2D eigenvalue weighted by molar-refractivity contribution is 0.198. The molecule has 1 unspecified atom stereocenters. The fourth-order valence-corrected chi connectivity index (χ4v) is 5.46. The van der Waals surface area contributed by atoms with E-state index in [4.69, 9.17) is 14.7 Å². The number of hydrogen-bond donors (Lipinski definition) is 1. The zero-order valence-electron chi connectivity index (χ0n) is 19.3. The highest BCUT2D eigenvalue weighted by Crippen LogP contribution is 2.42. The van der Waals surface area contributed by atoms with Crippen LogP contribution in [0, 0.1) is 0 Å². The Bertz CT molecular complexity index is 1150. The molecule has 6 rings (SSSR count). The molecule has 0 bridgehead atoms. The number of para-hydroxylation sites is 1. The van der Waals surface area contributed by atoms with Crippen molar-refractivity contribution in [3.63, 3.8) is 0 Å². The van der Waals surface area contributed by atoms with E-state index in [9.17, 15) is 5.11 Å². The van der Waals surface area contributed by atoms with Crippen LogP contribution in [0.15, 0.2) is 42.5 Å². The molecule has 2 aromatic carbocycles. The van der Waals surface area contributed by atoms with Crippen molar-refractivity contribution in [1.29, 1.82) is 0 Å². The second-order valence-electron chi connectivity index (χ2n) is 9.77. The average molecular weight is 445 g/mol. The molecule has 0 amide bonds. The van der Waals surface area contributed by atoms with Crippen LogP contribution in [0.3, 0.4) is 0 Å². The zero-order chi connectivity index (χ0) is 22.4. The number of β-amino-alcohol motifs (C(OH)–C–C–N with tert-alkyl or cyclic N) is 1. The number of fused-ring (bicyclic) bond motifs is 1. The molecule has 0 radical (unpaired) electrons. The molecule has 1 N–H and O–H groups in total. The van der Waals surface area contributed by atoms with Crippen molar-refractivity contribution in [3.05, 3.63) is 53.9 Å². The minimum Gasteiger partial charge on any atom is -0.496 e. The summed E-state index contributed by atoms with van der Waals surface area (Å²) in [7, 11) is 1.76. The van der Waals surface area contributed by atoms with Crippen LogP contribution in [0.2, 0.25) is 0 Å². The Kier molecular flexibility index (Phi) is 5.33. The minimum atomic E-state index is -0.234. The quantitative estimate of drug-likeness (QED) is 0.627. The van der Waals surface area contributed by atoms with Crippen LogP contribution in [0.4, 0.5) is 11.5 Å². The Morgan fingerprint density at radius 2 is 1.67 bits per heavy atom. The predicted molar refractivity (Wildman–Crippen MR) is 132 cm³/mol. The van der Waals surface area contributed by atoms with E-state index in [0.717, 1.165) is 72.9 Å². The van der Waals surface area contributed by atoms with Gasteiger partial charge in [-0.3, -0.25) is 0 Å². The highest BCUT2D eigenvalue weighted by Gasteiger charge is 2.30. The maximum atomic E-state index is 10.0. The van der Waals surface area contributed by atoms with Gasteiger partial charge < -0.3 is 19.6 Å². The van der Waals surface area contributed by atoms with Gasteiger partial charge in [-0.25, -0.2) is 9.97 Å². The third kappa shape index (κ3) is 4.01. The largest absolute Gasteiger partial charge is 0.496 e. The predicted octanol–water partition coefficient (Wildman–Crippen LogP) is 4.47. The molecular formula is C27H32N4O2. The van der Waals surface area contributed by atoms with Crippen molar-refractivity contribution >= 4 is 22.4 Å². The van der Waals surface area contributed by atoms with Crippen LogP contribution in [0.1, 0.15) is 55.3 Å². The van der Waals surface area contributed by atoms with Gasteiger partial charge in [0.1, 0.15) is 17.4 Å². The number of benzene rings is 2. The highest BCUT2D eigenvalue weighted by atomic mass is 16.5. The molecule has 3 heterocycles. The molecule has 172 valence electrons. The van der Waals surface area contributed by atoms with E-state index in [1.54, 1.807) is 7.11 Å². The Morgan fingerprint density at radius 1 is 0.879 bits per heavy atom. The van der Waals surface area contributed by atoms with E-state index in [-0.39, 0.29) is 6.10 Å². The van der Waals surface area contributed by atoms with Crippen molar-refractivity contribution < 1.29 is 9.84 Å². The number of anilines is 2. The summed E-state index contributed by atoms with van der Waals surface area (Å²) in [6.07, 6.45) is 5.17. The summed E-state index contributed by atoms with van der Waals surface area (Å²) >= 11 is 0. The molecule has 3 fully saturated rings. The molecular weight excluding hydrogens is 412 g/mol. The highest BCUT2D eigenvalue weighted by molar-refractivity contribution is 5.92.